The van der Waals surface area contributed by atoms with Gasteiger partial charge in [-0.1, -0.05) is 36.4 Å². The lowest BCUT2D eigenvalue weighted by molar-refractivity contribution is 0.116. The zero-order valence-electron chi connectivity index (χ0n) is 12.0. The minimum atomic E-state index is -2.62. The van der Waals surface area contributed by atoms with Crippen molar-refractivity contribution >= 4 is 12.4 Å². The highest BCUT2D eigenvalue weighted by Crippen LogP contribution is 2.31. The van der Waals surface area contributed by atoms with Crippen molar-refractivity contribution in [3.8, 4) is 11.5 Å². The Kier molecular flexibility index (Phi) is 7.08. The standard InChI is InChI=1S/C16H17F2NO2.ClH/c1-20-14-9-12(15(19)16(17)18)7-8-13(14)21-10-11-5-3-2-4-6-11;/h2-9,15-16H,10,19H2,1H3;1H/t15-;/m0./s1. The van der Waals surface area contributed by atoms with Gasteiger partial charge in [0.25, 0.3) is 6.43 Å². The molecule has 0 amide bonds. The van der Waals surface area contributed by atoms with Gasteiger partial charge in [-0.3, -0.25) is 0 Å². The monoisotopic (exact) mass is 329 g/mol. The van der Waals surface area contributed by atoms with Crippen molar-refractivity contribution in [2.24, 2.45) is 5.73 Å². The van der Waals surface area contributed by atoms with Crippen LogP contribution in [0.2, 0.25) is 0 Å². The molecule has 0 heterocycles. The third-order valence-corrected chi connectivity index (χ3v) is 3.08. The highest BCUT2D eigenvalue weighted by Gasteiger charge is 2.19. The molecule has 0 aromatic heterocycles. The van der Waals surface area contributed by atoms with Gasteiger partial charge in [0.05, 0.1) is 13.2 Å². The Labute approximate surface area is 134 Å². The van der Waals surface area contributed by atoms with Crippen LogP contribution in [0, 0.1) is 0 Å². The fourth-order valence-corrected chi connectivity index (χ4v) is 1.89. The Morgan fingerprint density at radius 2 is 1.73 bits per heavy atom. The molecule has 0 bridgehead atoms. The quantitative estimate of drug-likeness (QED) is 0.872. The molecule has 0 saturated heterocycles. The van der Waals surface area contributed by atoms with Crippen molar-refractivity contribution < 1.29 is 18.3 Å². The van der Waals surface area contributed by atoms with Crippen LogP contribution in [0.5, 0.6) is 11.5 Å². The molecule has 0 unspecified atom stereocenters. The number of alkyl halides is 2. The van der Waals surface area contributed by atoms with Gasteiger partial charge in [0.1, 0.15) is 6.61 Å². The molecule has 2 N–H and O–H groups in total. The molecule has 0 radical (unpaired) electrons. The number of halogens is 3. The van der Waals surface area contributed by atoms with Gasteiger partial charge in [-0.15, -0.1) is 12.4 Å². The lowest BCUT2D eigenvalue weighted by Gasteiger charge is -2.15. The van der Waals surface area contributed by atoms with Crippen LogP contribution in [0.4, 0.5) is 8.78 Å². The molecule has 22 heavy (non-hydrogen) atoms. The zero-order chi connectivity index (χ0) is 15.2. The fourth-order valence-electron chi connectivity index (χ4n) is 1.89. The molecule has 1 atom stereocenters. The van der Waals surface area contributed by atoms with E-state index in [-0.39, 0.29) is 12.4 Å². The minimum absolute atomic E-state index is 0. The largest absolute Gasteiger partial charge is 0.493 e. The predicted molar refractivity (Wildman–Crippen MR) is 83.9 cm³/mol. The summed E-state index contributed by atoms with van der Waals surface area (Å²) in [5.41, 5.74) is 6.75. The molecule has 0 fully saturated rings. The van der Waals surface area contributed by atoms with E-state index in [9.17, 15) is 8.78 Å². The Morgan fingerprint density at radius 1 is 1.05 bits per heavy atom. The van der Waals surface area contributed by atoms with Crippen molar-refractivity contribution in [2.45, 2.75) is 19.1 Å². The maximum absolute atomic E-state index is 12.6. The summed E-state index contributed by atoms with van der Waals surface area (Å²) in [5, 5.41) is 0. The summed E-state index contributed by atoms with van der Waals surface area (Å²) in [4.78, 5) is 0. The van der Waals surface area contributed by atoms with E-state index in [1.165, 1.54) is 19.2 Å². The normalized spacial score (nSPS) is 11.7. The van der Waals surface area contributed by atoms with Crippen LogP contribution in [-0.2, 0) is 6.61 Å². The van der Waals surface area contributed by atoms with Gasteiger partial charge >= 0.3 is 0 Å². The number of nitrogens with two attached hydrogens (primary N) is 1. The Balaban J connectivity index is 0.00000242. The first kappa shape index (κ1) is 18.2. The van der Waals surface area contributed by atoms with Gasteiger partial charge in [-0.2, -0.15) is 0 Å². The van der Waals surface area contributed by atoms with Crippen LogP contribution in [-0.4, -0.2) is 13.5 Å². The molecule has 120 valence electrons. The number of hydrogen-bond donors (Lipinski definition) is 1. The van der Waals surface area contributed by atoms with E-state index in [0.29, 0.717) is 23.7 Å². The highest BCUT2D eigenvalue weighted by atomic mass is 35.5. The second-order valence-electron chi connectivity index (χ2n) is 4.54. The molecule has 0 aliphatic heterocycles. The Hall–Kier alpha value is -1.85. The lowest BCUT2D eigenvalue weighted by Crippen LogP contribution is -2.18. The first-order valence-electron chi connectivity index (χ1n) is 6.50. The first-order chi connectivity index (χ1) is 10.1. The molecular weight excluding hydrogens is 312 g/mol. The number of hydrogen-bond acceptors (Lipinski definition) is 3. The molecule has 6 heteroatoms. The highest BCUT2D eigenvalue weighted by molar-refractivity contribution is 5.85. The van der Waals surface area contributed by atoms with E-state index < -0.39 is 12.5 Å². The third kappa shape index (κ3) is 4.58. The number of ether oxygens (including phenoxy) is 2. The second kappa shape index (κ2) is 8.56. The summed E-state index contributed by atoms with van der Waals surface area (Å²) >= 11 is 0. The molecule has 2 aromatic rings. The van der Waals surface area contributed by atoms with Crippen LogP contribution >= 0.6 is 12.4 Å². The van der Waals surface area contributed by atoms with E-state index >= 15 is 0 Å². The topological polar surface area (TPSA) is 44.5 Å². The van der Waals surface area contributed by atoms with Gasteiger partial charge < -0.3 is 15.2 Å². The van der Waals surface area contributed by atoms with Gasteiger partial charge in [-0.25, -0.2) is 8.78 Å². The van der Waals surface area contributed by atoms with Gasteiger partial charge in [0.2, 0.25) is 0 Å². The average molecular weight is 330 g/mol. The van der Waals surface area contributed by atoms with E-state index in [2.05, 4.69) is 0 Å². The number of rotatable bonds is 6. The summed E-state index contributed by atoms with van der Waals surface area (Å²) in [6.07, 6.45) is -2.62. The Bertz CT molecular complexity index is 582. The van der Waals surface area contributed by atoms with E-state index in [1.807, 2.05) is 30.3 Å². The van der Waals surface area contributed by atoms with Crippen LogP contribution in [0.3, 0.4) is 0 Å². The third-order valence-electron chi connectivity index (χ3n) is 3.08. The Morgan fingerprint density at radius 3 is 2.32 bits per heavy atom. The van der Waals surface area contributed by atoms with Gasteiger partial charge in [0, 0.05) is 0 Å². The SMILES string of the molecule is COc1cc([C@H](N)C(F)F)ccc1OCc1ccccc1.Cl. The van der Waals surface area contributed by atoms with Gasteiger partial charge in [-0.05, 0) is 23.3 Å². The molecule has 0 aliphatic rings. The summed E-state index contributed by atoms with van der Waals surface area (Å²) in [6.45, 7) is 0.372. The zero-order valence-corrected chi connectivity index (χ0v) is 12.9. The summed E-state index contributed by atoms with van der Waals surface area (Å²) in [6, 6.07) is 12.9. The maximum Gasteiger partial charge on any atom is 0.257 e. The smallest absolute Gasteiger partial charge is 0.257 e. The van der Waals surface area contributed by atoms with Crippen LogP contribution in [0.15, 0.2) is 48.5 Å². The van der Waals surface area contributed by atoms with E-state index in [4.69, 9.17) is 15.2 Å². The van der Waals surface area contributed by atoms with E-state index in [1.54, 1.807) is 6.07 Å². The fraction of sp³-hybridized carbons (Fsp3) is 0.250. The van der Waals surface area contributed by atoms with Crippen LogP contribution in [0.1, 0.15) is 17.2 Å². The molecule has 3 nitrogen and oxygen atoms in total. The van der Waals surface area contributed by atoms with Crippen LogP contribution in [0.25, 0.3) is 0 Å². The predicted octanol–water partition coefficient (Wildman–Crippen LogP) is 3.96. The molecule has 0 saturated carbocycles. The average Bonchev–Trinajstić information content (AvgIpc) is 2.53. The van der Waals surface area contributed by atoms with Crippen molar-refractivity contribution in [3.63, 3.8) is 0 Å². The summed E-state index contributed by atoms with van der Waals surface area (Å²) in [7, 11) is 1.46. The molecule has 2 rings (SSSR count). The second-order valence-corrected chi connectivity index (χ2v) is 4.54. The van der Waals surface area contributed by atoms with E-state index in [0.717, 1.165) is 5.56 Å². The van der Waals surface area contributed by atoms with Crippen molar-refractivity contribution in [1.82, 2.24) is 0 Å². The maximum atomic E-state index is 12.6. The van der Waals surface area contributed by atoms with Gasteiger partial charge in [0.15, 0.2) is 11.5 Å². The molecule has 0 aliphatic carbocycles. The molecule has 0 spiro atoms. The van der Waals surface area contributed by atoms with Crippen molar-refractivity contribution in [3.05, 3.63) is 59.7 Å². The van der Waals surface area contributed by atoms with Crippen molar-refractivity contribution in [1.29, 1.82) is 0 Å². The minimum Gasteiger partial charge on any atom is -0.493 e. The van der Waals surface area contributed by atoms with Crippen molar-refractivity contribution in [2.75, 3.05) is 7.11 Å². The first-order valence-corrected chi connectivity index (χ1v) is 6.50. The lowest BCUT2D eigenvalue weighted by atomic mass is 10.1. The molecule has 2 aromatic carbocycles. The number of benzene rings is 2. The summed E-state index contributed by atoms with van der Waals surface area (Å²) < 4.78 is 36.1. The molecular formula is C16H18ClF2NO2. The van der Waals surface area contributed by atoms with Crippen LogP contribution < -0.4 is 15.2 Å². The summed E-state index contributed by atoms with van der Waals surface area (Å²) in [5.74, 6) is 0.881. The number of methoxy groups -OCH3 is 1.